The Labute approximate surface area is 223 Å². The number of aldehydes is 1. The second kappa shape index (κ2) is 10.3. The summed E-state index contributed by atoms with van der Waals surface area (Å²) in [6, 6.07) is 14.2. The third-order valence-corrected chi connectivity index (χ3v) is 7.17. The molecule has 0 saturated heterocycles. The second-order valence-electron chi connectivity index (χ2n) is 8.52. The zero-order chi connectivity index (χ0) is 26.1. The van der Waals surface area contributed by atoms with Crippen molar-refractivity contribution in [2.45, 2.75) is 13.0 Å². The number of benzene rings is 2. The van der Waals surface area contributed by atoms with Crippen LogP contribution in [-0.2, 0) is 20.0 Å². The molecule has 0 radical (unpaired) electrons. The number of amides is 1. The second-order valence-corrected chi connectivity index (χ2v) is 9.27. The number of nitrogens with one attached hydrogen (secondary N) is 2. The van der Waals surface area contributed by atoms with Crippen LogP contribution in [0.5, 0.6) is 5.88 Å². The van der Waals surface area contributed by atoms with Gasteiger partial charge < -0.3 is 19.9 Å². The van der Waals surface area contributed by atoms with Gasteiger partial charge in [-0.2, -0.15) is 0 Å². The number of nitrogens with zero attached hydrogens (tertiary/aromatic N) is 3. The maximum Gasteiger partial charge on any atom is 0.291 e. The molecular formula is C27H23Cl2N5O3. The Balaban J connectivity index is 1.49. The number of carbonyl (C=O) groups is 2. The minimum Gasteiger partial charge on any atom is -0.480 e. The van der Waals surface area contributed by atoms with E-state index in [2.05, 4.69) is 20.6 Å². The van der Waals surface area contributed by atoms with Crippen molar-refractivity contribution in [1.29, 1.82) is 0 Å². The van der Waals surface area contributed by atoms with E-state index < -0.39 is 0 Å². The first-order valence-corrected chi connectivity index (χ1v) is 12.3. The summed E-state index contributed by atoms with van der Waals surface area (Å²) in [6.07, 6.45) is 1.50. The summed E-state index contributed by atoms with van der Waals surface area (Å²) >= 11 is 13.6. The summed E-state index contributed by atoms with van der Waals surface area (Å²) in [5, 5.41) is 6.94. The molecule has 2 N–H and O–H groups in total. The Morgan fingerprint density at radius 3 is 2.51 bits per heavy atom. The highest BCUT2D eigenvalue weighted by molar-refractivity contribution is 6.39. The van der Waals surface area contributed by atoms with Crippen LogP contribution in [0.15, 0.2) is 48.5 Å². The fraction of sp³-hybridized carbons (Fsp3) is 0.185. The van der Waals surface area contributed by atoms with E-state index in [0.717, 1.165) is 24.4 Å². The lowest BCUT2D eigenvalue weighted by Gasteiger charge is -2.15. The van der Waals surface area contributed by atoms with Crippen molar-refractivity contribution in [2.75, 3.05) is 19.0 Å². The predicted molar refractivity (Wildman–Crippen MR) is 144 cm³/mol. The molecule has 4 aromatic rings. The topological polar surface area (TPSA) is 98.1 Å². The molecule has 37 heavy (non-hydrogen) atoms. The number of rotatable bonds is 6. The molecule has 188 valence electrons. The third kappa shape index (κ3) is 4.59. The maximum absolute atomic E-state index is 13.1. The van der Waals surface area contributed by atoms with Crippen molar-refractivity contribution < 1.29 is 14.3 Å². The van der Waals surface area contributed by atoms with Gasteiger partial charge in [0.1, 0.15) is 0 Å². The number of hydrogen-bond acceptors (Lipinski definition) is 6. The molecule has 0 bridgehead atoms. The zero-order valence-electron chi connectivity index (χ0n) is 20.1. The normalized spacial score (nSPS) is 12.6. The Kier molecular flexibility index (Phi) is 6.97. The summed E-state index contributed by atoms with van der Waals surface area (Å²) in [7, 11) is 3.30. The Morgan fingerprint density at radius 1 is 1.05 bits per heavy atom. The van der Waals surface area contributed by atoms with Crippen LogP contribution in [-0.4, -0.2) is 40.4 Å². The van der Waals surface area contributed by atoms with Gasteiger partial charge in [-0.1, -0.05) is 53.5 Å². The largest absolute Gasteiger partial charge is 0.480 e. The fourth-order valence-electron chi connectivity index (χ4n) is 4.47. The summed E-state index contributed by atoms with van der Waals surface area (Å²) in [4.78, 5) is 33.3. The number of ether oxygens (including phenoxy) is 1. The highest BCUT2D eigenvalue weighted by Gasteiger charge is 2.23. The van der Waals surface area contributed by atoms with E-state index in [0.29, 0.717) is 62.3 Å². The number of anilines is 1. The molecule has 8 nitrogen and oxygen atoms in total. The first-order chi connectivity index (χ1) is 17.9. The summed E-state index contributed by atoms with van der Waals surface area (Å²) in [5.74, 6) is 0.194. The lowest BCUT2D eigenvalue weighted by atomic mass is 10.00. The number of aromatic nitrogens is 3. The Morgan fingerprint density at radius 2 is 1.78 bits per heavy atom. The van der Waals surface area contributed by atoms with E-state index in [-0.39, 0.29) is 11.8 Å². The number of methoxy groups -OCH3 is 1. The minimum absolute atomic E-state index is 0.212. The van der Waals surface area contributed by atoms with Gasteiger partial charge in [-0.15, -0.1) is 0 Å². The van der Waals surface area contributed by atoms with Gasteiger partial charge in [0.2, 0.25) is 5.88 Å². The molecule has 5 rings (SSSR count). The summed E-state index contributed by atoms with van der Waals surface area (Å²) in [5.41, 5.74) is 5.23. The van der Waals surface area contributed by atoms with Crippen LogP contribution in [0.4, 0.5) is 5.69 Å². The van der Waals surface area contributed by atoms with E-state index in [9.17, 15) is 9.59 Å². The highest BCUT2D eigenvalue weighted by atomic mass is 35.5. The van der Waals surface area contributed by atoms with Crippen molar-refractivity contribution >= 4 is 41.1 Å². The van der Waals surface area contributed by atoms with Crippen LogP contribution < -0.4 is 15.4 Å². The van der Waals surface area contributed by atoms with Crippen LogP contribution in [0.3, 0.4) is 0 Å². The smallest absolute Gasteiger partial charge is 0.291 e. The Bertz CT molecular complexity index is 1530. The maximum atomic E-state index is 13.1. The van der Waals surface area contributed by atoms with Gasteiger partial charge in [0, 0.05) is 48.9 Å². The molecule has 0 atom stereocenters. The van der Waals surface area contributed by atoms with Crippen LogP contribution in [0.1, 0.15) is 32.4 Å². The molecule has 0 fully saturated rings. The molecule has 3 heterocycles. The van der Waals surface area contributed by atoms with Crippen LogP contribution >= 0.6 is 23.2 Å². The first-order valence-electron chi connectivity index (χ1n) is 11.6. The highest BCUT2D eigenvalue weighted by Crippen LogP contribution is 2.41. The Hall–Kier alpha value is -3.72. The van der Waals surface area contributed by atoms with Gasteiger partial charge in [0.05, 0.1) is 39.8 Å². The lowest BCUT2D eigenvalue weighted by molar-refractivity contribution is 0.101. The van der Waals surface area contributed by atoms with Crippen molar-refractivity contribution in [3.05, 3.63) is 81.4 Å². The summed E-state index contributed by atoms with van der Waals surface area (Å²) in [6.45, 7) is 1.49. The van der Waals surface area contributed by atoms with E-state index in [1.165, 1.54) is 7.11 Å². The van der Waals surface area contributed by atoms with Gasteiger partial charge in [-0.25, -0.2) is 9.97 Å². The quantitative estimate of drug-likeness (QED) is 0.330. The number of pyridine rings is 1. The molecular weight excluding hydrogens is 513 g/mol. The number of hydrogen-bond donors (Lipinski definition) is 2. The average molecular weight is 536 g/mol. The van der Waals surface area contributed by atoms with E-state index in [1.807, 2.05) is 35.9 Å². The zero-order valence-corrected chi connectivity index (χ0v) is 21.7. The number of halogens is 2. The van der Waals surface area contributed by atoms with Crippen molar-refractivity contribution in [2.24, 2.45) is 7.05 Å². The molecule has 1 aliphatic rings. The molecule has 0 saturated carbocycles. The minimum atomic E-state index is -0.345. The monoisotopic (exact) mass is 535 g/mol. The number of carbonyl (C=O) groups excluding carboxylic acids is 2. The van der Waals surface area contributed by atoms with E-state index in [4.69, 9.17) is 27.9 Å². The molecule has 0 aliphatic carbocycles. The van der Waals surface area contributed by atoms with Gasteiger partial charge in [-0.05, 0) is 18.2 Å². The molecule has 2 aromatic heterocycles. The predicted octanol–water partition coefficient (Wildman–Crippen LogP) is 5.18. The molecule has 1 amide bonds. The van der Waals surface area contributed by atoms with Crippen molar-refractivity contribution in [1.82, 2.24) is 19.9 Å². The number of imidazole rings is 1. The lowest BCUT2D eigenvalue weighted by Crippen LogP contribution is -2.24. The van der Waals surface area contributed by atoms with E-state index in [1.54, 1.807) is 24.3 Å². The van der Waals surface area contributed by atoms with Gasteiger partial charge in [0.25, 0.3) is 5.91 Å². The molecule has 0 spiro atoms. The van der Waals surface area contributed by atoms with Gasteiger partial charge >= 0.3 is 0 Å². The SMILES string of the molecule is COc1nc(-c2cccc(-c3cccc(NC(=O)c4nc5c(n4C)CCNC5)c3Cl)c2Cl)ccc1C=O. The number of fused-ring (bicyclic) bond motifs is 1. The summed E-state index contributed by atoms with van der Waals surface area (Å²) < 4.78 is 7.07. The standard InChI is InChI=1S/C27H23Cl2N5O3/c1-34-22-11-12-30-13-21(22)31-25(34)26(36)32-20-8-4-6-17(24(20)29)16-5-3-7-18(23(16)28)19-10-9-15(14-35)27(33-19)37-2/h3-10,14,30H,11-13H2,1-2H3,(H,32,36). The van der Waals surface area contributed by atoms with Crippen LogP contribution in [0, 0.1) is 0 Å². The van der Waals surface area contributed by atoms with Crippen molar-refractivity contribution in [3.8, 4) is 28.3 Å². The first kappa shape index (κ1) is 25.0. The van der Waals surface area contributed by atoms with Crippen molar-refractivity contribution in [3.63, 3.8) is 0 Å². The third-order valence-electron chi connectivity index (χ3n) is 6.35. The van der Waals surface area contributed by atoms with Crippen LogP contribution in [0.2, 0.25) is 10.0 Å². The molecule has 0 unspecified atom stereocenters. The fourth-order valence-corrected chi connectivity index (χ4v) is 5.07. The average Bonchev–Trinajstić information content (AvgIpc) is 3.26. The molecule has 1 aliphatic heterocycles. The van der Waals surface area contributed by atoms with Gasteiger partial charge in [-0.3, -0.25) is 9.59 Å². The van der Waals surface area contributed by atoms with E-state index >= 15 is 0 Å². The van der Waals surface area contributed by atoms with Crippen LogP contribution in [0.25, 0.3) is 22.4 Å². The molecule has 2 aromatic carbocycles. The molecule has 10 heteroatoms. The van der Waals surface area contributed by atoms with Gasteiger partial charge in [0.15, 0.2) is 12.1 Å².